The van der Waals surface area contributed by atoms with E-state index in [-0.39, 0.29) is 17.6 Å². The van der Waals surface area contributed by atoms with Crippen molar-refractivity contribution in [3.63, 3.8) is 0 Å². The lowest BCUT2D eigenvalue weighted by Crippen LogP contribution is -2.39. The predicted octanol–water partition coefficient (Wildman–Crippen LogP) is 2.26. The van der Waals surface area contributed by atoms with E-state index in [4.69, 9.17) is 5.73 Å². The normalized spacial score (nSPS) is 22.9. The topological polar surface area (TPSA) is 49.5 Å². The minimum Gasteiger partial charge on any atom is -0.508 e. The molecule has 0 bridgehead atoms. The lowest BCUT2D eigenvalue weighted by Gasteiger charge is -2.36. The Labute approximate surface area is 107 Å². The minimum atomic E-state index is -0.304. The molecule has 4 heteroatoms. The molecule has 18 heavy (non-hydrogen) atoms. The van der Waals surface area contributed by atoms with E-state index in [0.29, 0.717) is 18.0 Å². The van der Waals surface area contributed by atoms with Gasteiger partial charge >= 0.3 is 0 Å². The van der Waals surface area contributed by atoms with Gasteiger partial charge in [-0.15, -0.1) is 0 Å². The van der Waals surface area contributed by atoms with Crippen LogP contribution in [0, 0.1) is 11.7 Å². The first-order valence-corrected chi connectivity index (χ1v) is 6.54. The summed E-state index contributed by atoms with van der Waals surface area (Å²) >= 11 is 0. The summed E-state index contributed by atoms with van der Waals surface area (Å²) in [5.41, 5.74) is 6.38. The summed E-state index contributed by atoms with van der Waals surface area (Å²) in [4.78, 5) is 2.27. The molecule has 3 nitrogen and oxygen atoms in total. The molecule has 0 aliphatic carbocycles. The van der Waals surface area contributed by atoms with Crippen molar-refractivity contribution >= 4 is 0 Å². The number of nitrogens with two attached hydrogens (primary N) is 1. The maximum Gasteiger partial charge on any atom is 0.123 e. The monoisotopic (exact) mass is 252 g/mol. The maximum absolute atomic E-state index is 13.3. The lowest BCUT2D eigenvalue weighted by molar-refractivity contribution is 0.133. The van der Waals surface area contributed by atoms with Crippen LogP contribution < -0.4 is 5.73 Å². The highest BCUT2D eigenvalue weighted by molar-refractivity contribution is 5.35. The fraction of sp³-hybridized carbons (Fsp3) is 0.571. The number of piperidine rings is 1. The zero-order valence-corrected chi connectivity index (χ0v) is 10.8. The molecule has 0 amide bonds. The van der Waals surface area contributed by atoms with E-state index in [2.05, 4.69) is 4.90 Å². The third-order valence-electron chi connectivity index (χ3n) is 3.87. The highest BCUT2D eigenvalue weighted by atomic mass is 19.1. The van der Waals surface area contributed by atoms with Gasteiger partial charge in [-0.05, 0) is 57.0 Å². The Morgan fingerprint density at radius 3 is 3.06 bits per heavy atom. The van der Waals surface area contributed by atoms with Crippen LogP contribution >= 0.6 is 0 Å². The van der Waals surface area contributed by atoms with Gasteiger partial charge in [-0.2, -0.15) is 0 Å². The first-order valence-electron chi connectivity index (χ1n) is 6.54. The number of phenols is 1. The third kappa shape index (κ3) is 2.82. The summed E-state index contributed by atoms with van der Waals surface area (Å²) in [5, 5.41) is 9.84. The number of likely N-dealkylation sites (tertiary alicyclic amines) is 1. The van der Waals surface area contributed by atoms with Gasteiger partial charge in [-0.1, -0.05) is 0 Å². The molecular weight excluding hydrogens is 231 g/mol. The molecule has 100 valence electrons. The van der Waals surface area contributed by atoms with E-state index < -0.39 is 0 Å². The van der Waals surface area contributed by atoms with E-state index in [1.54, 1.807) is 0 Å². The number of aromatic hydroxyl groups is 1. The number of halogens is 1. The van der Waals surface area contributed by atoms with E-state index in [1.807, 2.05) is 6.92 Å². The predicted molar refractivity (Wildman–Crippen MR) is 69.8 cm³/mol. The summed E-state index contributed by atoms with van der Waals surface area (Å²) in [6, 6.07) is 4.15. The van der Waals surface area contributed by atoms with Gasteiger partial charge in [0.25, 0.3) is 0 Å². The fourth-order valence-electron chi connectivity index (χ4n) is 2.70. The van der Waals surface area contributed by atoms with Gasteiger partial charge in [0.05, 0.1) is 0 Å². The van der Waals surface area contributed by atoms with Gasteiger partial charge in [0, 0.05) is 18.2 Å². The standard InChI is InChI=1S/C14H21FN2O/c1-10(13-7-12(15)4-5-14(13)18)17-6-2-3-11(8-16)9-17/h4-5,7,10-11,18H,2-3,6,8-9,16H2,1H3. The van der Waals surface area contributed by atoms with Crippen LogP contribution in [-0.2, 0) is 0 Å². The number of hydrogen-bond donors (Lipinski definition) is 2. The summed E-state index contributed by atoms with van der Waals surface area (Å²) < 4.78 is 13.3. The first kappa shape index (κ1) is 13.3. The minimum absolute atomic E-state index is 0.0232. The number of hydrogen-bond acceptors (Lipinski definition) is 3. The smallest absolute Gasteiger partial charge is 0.123 e. The number of rotatable bonds is 3. The fourth-order valence-corrected chi connectivity index (χ4v) is 2.70. The molecule has 1 aromatic rings. The number of phenolic OH excluding ortho intramolecular Hbond substituents is 1. The average Bonchev–Trinajstić information content (AvgIpc) is 2.41. The average molecular weight is 252 g/mol. The Morgan fingerprint density at radius 2 is 2.33 bits per heavy atom. The first-order chi connectivity index (χ1) is 8.61. The highest BCUT2D eigenvalue weighted by Crippen LogP contribution is 2.31. The molecule has 1 aliphatic rings. The molecule has 2 rings (SSSR count). The Balaban J connectivity index is 2.14. The second kappa shape index (κ2) is 5.67. The van der Waals surface area contributed by atoms with Crippen molar-refractivity contribution in [2.24, 2.45) is 11.7 Å². The van der Waals surface area contributed by atoms with E-state index in [1.165, 1.54) is 18.2 Å². The zero-order valence-electron chi connectivity index (χ0n) is 10.8. The van der Waals surface area contributed by atoms with Crippen molar-refractivity contribution in [1.82, 2.24) is 4.90 Å². The van der Waals surface area contributed by atoms with Gasteiger partial charge < -0.3 is 10.8 Å². The molecule has 2 unspecified atom stereocenters. The van der Waals surface area contributed by atoms with Gasteiger partial charge in [0.2, 0.25) is 0 Å². The van der Waals surface area contributed by atoms with E-state index >= 15 is 0 Å². The van der Waals surface area contributed by atoms with Gasteiger partial charge in [0.15, 0.2) is 0 Å². The summed E-state index contributed by atoms with van der Waals surface area (Å²) in [5.74, 6) is 0.373. The molecule has 1 fully saturated rings. The Hall–Kier alpha value is -1.13. The van der Waals surface area contributed by atoms with Crippen LogP contribution in [-0.4, -0.2) is 29.6 Å². The second-order valence-corrected chi connectivity index (χ2v) is 5.12. The SMILES string of the molecule is CC(c1cc(F)ccc1O)N1CCCC(CN)C1. The van der Waals surface area contributed by atoms with E-state index in [9.17, 15) is 9.50 Å². The quantitative estimate of drug-likeness (QED) is 0.867. The summed E-state index contributed by atoms with van der Waals surface area (Å²) in [6.07, 6.45) is 2.27. The molecule has 3 N–H and O–H groups in total. The van der Waals surface area contributed by atoms with Crippen molar-refractivity contribution in [2.45, 2.75) is 25.8 Å². The molecule has 2 atom stereocenters. The van der Waals surface area contributed by atoms with Crippen LogP contribution in [0.4, 0.5) is 4.39 Å². The zero-order chi connectivity index (χ0) is 13.1. The Morgan fingerprint density at radius 1 is 1.56 bits per heavy atom. The molecule has 0 aromatic heterocycles. The molecular formula is C14H21FN2O. The van der Waals surface area contributed by atoms with Crippen molar-refractivity contribution in [1.29, 1.82) is 0 Å². The van der Waals surface area contributed by atoms with Gasteiger partial charge in [-0.3, -0.25) is 4.90 Å². The molecule has 0 radical (unpaired) electrons. The highest BCUT2D eigenvalue weighted by Gasteiger charge is 2.25. The third-order valence-corrected chi connectivity index (χ3v) is 3.87. The van der Waals surface area contributed by atoms with Crippen LogP contribution in [0.25, 0.3) is 0 Å². The van der Waals surface area contributed by atoms with Crippen LogP contribution in [0.1, 0.15) is 31.4 Å². The van der Waals surface area contributed by atoms with Crippen molar-refractivity contribution in [3.05, 3.63) is 29.6 Å². The van der Waals surface area contributed by atoms with Crippen LogP contribution in [0.15, 0.2) is 18.2 Å². The van der Waals surface area contributed by atoms with Crippen molar-refractivity contribution in [3.8, 4) is 5.75 Å². The van der Waals surface area contributed by atoms with E-state index in [0.717, 1.165) is 25.9 Å². The van der Waals surface area contributed by atoms with Gasteiger partial charge in [-0.25, -0.2) is 4.39 Å². The molecule has 1 aromatic carbocycles. The second-order valence-electron chi connectivity index (χ2n) is 5.12. The van der Waals surface area contributed by atoms with Crippen LogP contribution in [0.2, 0.25) is 0 Å². The molecule has 1 aliphatic heterocycles. The summed E-state index contributed by atoms with van der Waals surface area (Å²) in [7, 11) is 0. The van der Waals surface area contributed by atoms with Crippen LogP contribution in [0.5, 0.6) is 5.75 Å². The van der Waals surface area contributed by atoms with Crippen LogP contribution in [0.3, 0.4) is 0 Å². The Bertz CT molecular complexity index is 411. The largest absolute Gasteiger partial charge is 0.508 e. The van der Waals surface area contributed by atoms with Gasteiger partial charge in [0.1, 0.15) is 11.6 Å². The molecule has 1 heterocycles. The maximum atomic E-state index is 13.3. The summed E-state index contributed by atoms with van der Waals surface area (Å²) in [6.45, 7) is 4.60. The Kier molecular flexibility index (Phi) is 4.19. The molecule has 0 saturated carbocycles. The molecule has 1 saturated heterocycles. The van der Waals surface area contributed by atoms with Crippen molar-refractivity contribution < 1.29 is 9.50 Å². The van der Waals surface area contributed by atoms with Crippen molar-refractivity contribution in [2.75, 3.05) is 19.6 Å². The molecule has 0 spiro atoms. The number of benzene rings is 1. The number of nitrogens with zero attached hydrogens (tertiary/aromatic N) is 1. The lowest BCUT2D eigenvalue weighted by atomic mass is 9.95.